The largest absolute Gasteiger partial charge is 0.481 e. The van der Waals surface area contributed by atoms with Crippen LogP contribution >= 0.6 is 0 Å². The lowest BCUT2D eigenvalue weighted by molar-refractivity contribution is -0.136. The van der Waals surface area contributed by atoms with Gasteiger partial charge in [0.25, 0.3) is 0 Å². The predicted octanol–water partition coefficient (Wildman–Crippen LogP) is 0.616. The molecule has 20 heavy (non-hydrogen) atoms. The summed E-state index contributed by atoms with van der Waals surface area (Å²) in [6.07, 6.45) is -0.0798. The number of anilines is 1. The fourth-order valence-electron chi connectivity index (χ4n) is 2.13. The van der Waals surface area contributed by atoms with Gasteiger partial charge in [-0.2, -0.15) is 0 Å². The normalized spacial score (nSPS) is 25.4. The van der Waals surface area contributed by atoms with E-state index < -0.39 is 11.4 Å². The molecule has 0 aliphatic carbocycles. The number of ether oxygens (including phenoxy) is 1. The van der Waals surface area contributed by atoms with Gasteiger partial charge in [0.05, 0.1) is 25.0 Å². The van der Waals surface area contributed by atoms with Crippen molar-refractivity contribution < 1.29 is 19.4 Å². The van der Waals surface area contributed by atoms with Crippen molar-refractivity contribution in [1.82, 2.24) is 0 Å². The zero-order valence-corrected chi connectivity index (χ0v) is 11.3. The Labute approximate surface area is 116 Å². The Balaban J connectivity index is 2.10. The maximum atomic E-state index is 12.3. The van der Waals surface area contributed by atoms with E-state index >= 15 is 0 Å². The van der Waals surface area contributed by atoms with Crippen molar-refractivity contribution >= 4 is 17.6 Å². The molecular weight excluding hydrogens is 260 g/mol. The molecule has 1 saturated heterocycles. The first kappa shape index (κ1) is 14.5. The molecule has 1 aliphatic heterocycles. The number of amides is 1. The van der Waals surface area contributed by atoms with Gasteiger partial charge in [-0.3, -0.25) is 9.59 Å². The van der Waals surface area contributed by atoms with Crippen LogP contribution in [0, 0.1) is 5.41 Å². The summed E-state index contributed by atoms with van der Waals surface area (Å²) in [6, 6.07) is 6.44. The van der Waals surface area contributed by atoms with Gasteiger partial charge in [-0.25, -0.2) is 0 Å². The van der Waals surface area contributed by atoms with Crippen LogP contribution in [-0.2, 0) is 20.7 Å². The van der Waals surface area contributed by atoms with Gasteiger partial charge in [-0.05, 0) is 24.6 Å². The standard InChI is InChI=1S/C14H18N2O4/c1-14(8-20-7-11(14)15)13(19)16-10-4-2-3-9(5-10)6-12(17)18/h2-5,11H,6-8,15H2,1H3,(H,16,19)(H,17,18). The lowest BCUT2D eigenvalue weighted by Gasteiger charge is -2.25. The molecule has 1 heterocycles. The number of aliphatic carboxylic acids is 1. The van der Waals surface area contributed by atoms with Gasteiger partial charge < -0.3 is 20.9 Å². The number of benzene rings is 1. The second-order valence-electron chi connectivity index (χ2n) is 5.26. The number of nitrogens with one attached hydrogen (secondary N) is 1. The van der Waals surface area contributed by atoms with Crippen LogP contribution in [0.2, 0.25) is 0 Å². The summed E-state index contributed by atoms with van der Waals surface area (Å²) in [7, 11) is 0. The van der Waals surface area contributed by atoms with Crippen molar-refractivity contribution in [1.29, 1.82) is 0 Å². The van der Waals surface area contributed by atoms with Crippen LogP contribution in [-0.4, -0.2) is 36.2 Å². The van der Waals surface area contributed by atoms with E-state index in [1.807, 2.05) is 0 Å². The van der Waals surface area contributed by atoms with Crippen molar-refractivity contribution in [3.63, 3.8) is 0 Å². The fourth-order valence-corrected chi connectivity index (χ4v) is 2.13. The highest BCUT2D eigenvalue weighted by Gasteiger charge is 2.44. The molecule has 0 bridgehead atoms. The first-order chi connectivity index (χ1) is 9.41. The molecule has 2 atom stereocenters. The van der Waals surface area contributed by atoms with Crippen LogP contribution in [0.5, 0.6) is 0 Å². The summed E-state index contributed by atoms with van der Waals surface area (Å²) in [4.78, 5) is 23.0. The fraction of sp³-hybridized carbons (Fsp3) is 0.429. The van der Waals surface area contributed by atoms with Crippen molar-refractivity contribution in [2.75, 3.05) is 18.5 Å². The molecule has 108 valence electrons. The summed E-state index contributed by atoms with van der Waals surface area (Å²) in [5.74, 6) is -1.12. The minimum atomic E-state index is -0.911. The van der Waals surface area contributed by atoms with E-state index in [-0.39, 0.29) is 25.0 Å². The molecule has 2 unspecified atom stereocenters. The molecule has 0 spiro atoms. The monoisotopic (exact) mass is 278 g/mol. The minimum Gasteiger partial charge on any atom is -0.481 e. The van der Waals surface area contributed by atoms with Gasteiger partial charge in [-0.15, -0.1) is 0 Å². The zero-order chi connectivity index (χ0) is 14.8. The first-order valence-electron chi connectivity index (χ1n) is 6.37. The highest BCUT2D eigenvalue weighted by molar-refractivity contribution is 5.96. The first-order valence-corrected chi connectivity index (χ1v) is 6.37. The third kappa shape index (κ3) is 2.97. The van der Waals surface area contributed by atoms with E-state index in [9.17, 15) is 9.59 Å². The summed E-state index contributed by atoms with van der Waals surface area (Å²) in [6.45, 7) is 2.42. The number of carbonyl (C=O) groups excluding carboxylic acids is 1. The number of hydrogen-bond acceptors (Lipinski definition) is 4. The molecule has 4 N–H and O–H groups in total. The third-order valence-corrected chi connectivity index (χ3v) is 3.58. The van der Waals surface area contributed by atoms with Gasteiger partial charge in [0.15, 0.2) is 0 Å². The average Bonchev–Trinajstić information content (AvgIpc) is 2.70. The summed E-state index contributed by atoms with van der Waals surface area (Å²) in [5, 5.41) is 11.5. The van der Waals surface area contributed by atoms with Crippen LogP contribution in [0.15, 0.2) is 24.3 Å². The van der Waals surface area contributed by atoms with Gasteiger partial charge in [0, 0.05) is 11.7 Å². The molecule has 1 aromatic rings. The van der Waals surface area contributed by atoms with Gasteiger partial charge >= 0.3 is 5.97 Å². The van der Waals surface area contributed by atoms with E-state index in [1.54, 1.807) is 31.2 Å². The van der Waals surface area contributed by atoms with Gasteiger partial charge in [-0.1, -0.05) is 12.1 Å². The Bertz CT molecular complexity index is 532. The van der Waals surface area contributed by atoms with E-state index in [2.05, 4.69) is 5.32 Å². The van der Waals surface area contributed by atoms with Crippen LogP contribution in [0.4, 0.5) is 5.69 Å². The number of carbonyl (C=O) groups is 2. The number of rotatable bonds is 4. The highest BCUT2D eigenvalue weighted by atomic mass is 16.5. The van der Waals surface area contributed by atoms with Crippen LogP contribution in [0.3, 0.4) is 0 Å². The Morgan fingerprint density at radius 1 is 1.55 bits per heavy atom. The van der Waals surface area contributed by atoms with Crippen LogP contribution in [0.25, 0.3) is 0 Å². The Morgan fingerprint density at radius 3 is 2.90 bits per heavy atom. The maximum absolute atomic E-state index is 12.3. The molecule has 0 saturated carbocycles. The molecule has 0 radical (unpaired) electrons. The van der Waals surface area contributed by atoms with E-state index in [1.165, 1.54) is 0 Å². The zero-order valence-electron chi connectivity index (χ0n) is 11.3. The molecule has 6 heteroatoms. The average molecular weight is 278 g/mol. The second kappa shape index (κ2) is 5.60. The summed E-state index contributed by atoms with van der Waals surface area (Å²) >= 11 is 0. The highest BCUT2D eigenvalue weighted by Crippen LogP contribution is 2.28. The van der Waals surface area contributed by atoms with Crippen molar-refractivity contribution in [3.05, 3.63) is 29.8 Å². The van der Waals surface area contributed by atoms with Crippen molar-refractivity contribution in [2.45, 2.75) is 19.4 Å². The molecule has 2 rings (SSSR count). The molecule has 6 nitrogen and oxygen atoms in total. The van der Waals surface area contributed by atoms with Gasteiger partial charge in [0.1, 0.15) is 0 Å². The SMILES string of the molecule is CC1(C(=O)Nc2cccc(CC(=O)O)c2)COCC1N. The van der Waals surface area contributed by atoms with E-state index in [0.717, 1.165) is 0 Å². The molecule has 1 fully saturated rings. The van der Waals surface area contributed by atoms with Crippen molar-refractivity contribution in [3.8, 4) is 0 Å². The smallest absolute Gasteiger partial charge is 0.307 e. The lowest BCUT2D eigenvalue weighted by Crippen LogP contribution is -2.47. The number of hydrogen-bond donors (Lipinski definition) is 3. The Hall–Kier alpha value is -1.92. The third-order valence-electron chi connectivity index (χ3n) is 3.58. The van der Waals surface area contributed by atoms with E-state index in [4.69, 9.17) is 15.6 Å². The lowest BCUT2D eigenvalue weighted by atomic mass is 9.85. The van der Waals surface area contributed by atoms with Crippen molar-refractivity contribution in [2.24, 2.45) is 11.1 Å². The molecule has 1 aliphatic rings. The molecule has 1 aromatic carbocycles. The number of carboxylic acid groups (broad SMARTS) is 1. The number of carboxylic acids is 1. The Kier molecular flexibility index (Phi) is 4.06. The molecule has 0 aromatic heterocycles. The van der Waals surface area contributed by atoms with Crippen LogP contribution in [0.1, 0.15) is 12.5 Å². The van der Waals surface area contributed by atoms with Crippen LogP contribution < -0.4 is 11.1 Å². The molecule has 1 amide bonds. The topological polar surface area (TPSA) is 102 Å². The second-order valence-corrected chi connectivity index (χ2v) is 5.26. The number of nitrogens with two attached hydrogens (primary N) is 1. The minimum absolute atomic E-state index is 0.0798. The summed E-state index contributed by atoms with van der Waals surface area (Å²) in [5.41, 5.74) is 6.33. The maximum Gasteiger partial charge on any atom is 0.307 e. The van der Waals surface area contributed by atoms with Gasteiger partial charge in [0.2, 0.25) is 5.91 Å². The molecular formula is C14H18N2O4. The predicted molar refractivity (Wildman–Crippen MR) is 73.3 cm³/mol. The quantitative estimate of drug-likeness (QED) is 0.749. The Morgan fingerprint density at radius 2 is 2.30 bits per heavy atom. The van der Waals surface area contributed by atoms with E-state index in [0.29, 0.717) is 17.9 Å². The summed E-state index contributed by atoms with van der Waals surface area (Å²) < 4.78 is 5.24.